The average molecular weight is 394 g/mol. The number of carboxylic acids is 1. The van der Waals surface area contributed by atoms with Crippen LogP contribution in [-0.4, -0.2) is 45.7 Å². The van der Waals surface area contributed by atoms with Crippen molar-refractivity contribution in [3.63, 3.8) is 0 Å². The van der Waals surface area contributed by atoms with Gasteiger partial charge in [0, 0.05) is 19.7 Å². The zero-order chi connectivity index (χ0) is 22.2. The Morgan fingerprint density at radius 1 is 1.18 bits per heavy atom. The van der Waals surface area contributed by atoms with E-state index in [4.69, 9.17) is 6.11 Å². The molecule has 1 rings (SSSR count). The monoisotopic (exact) mass is 394 g/mol. The van der Waals surface area contributed by atoms with E-state index in [1.807, 2.05) is 0 Å². The van der Waals surface area contributed by atoms with Gasteiger partial charge < -0.3 is 20.5 Å². The molecule has 3 N–H and O–H groups in total. The van der Waals surface area contributed by atoms with E-state index in [9.17, 15) is 19.5 Å². The fourth-order valence-electron chi connectivity index (χ4n) is 2.41. The maximum absolute atomic E-state index is 12.8. The summed E-state index contributed by atoms with van der Waals surface area (Å²) in [4.78, 5) is 40.7. The Balaban J connectivity index is 2.94. The summed E-state index contributed by atoms with van der Waals surface area (Å²) in [6, 6.07) is 2.85. The number of rotatable bonds is 7. The molecule has 2 atom stereocenters. The van der Waals surface area contributed by atoms with Gasteiger partial charge in [0.25, 0.3) is 0 Å². The first-order valence-electron chi connectivity index (χ1n) is 9.75. The third-order valence-corrected chi connectivity index (χ3v) is 3.52. The van der Waals surface area contributed by atoms with Gasteiger partial charge in [-0.3, -0.25) is 9.78 Å². The van der Waals surface area contributed by atoms with Crippen molar-refractivity contribution < 1.29 is 25.6 Å². The number of carboxylic acid groups (broad SMARTS) is 1. The second-order valence-corrected chi connectivity index (χ2v) is 8.49. The van der Waals surface area contributed by atoms with Gasteiger partial charge in [-0.05, 0) is 44.7 Å². The van der Waals surface area contributed by atoms with Crippen molar-refractivity contribution >= 4 is 18.0 Å². The highest BCUT2D eigenvalue weighted by Crippen LogP contribution is 2.21. The van der Waals surface area contributed by atoms with Gasteiger partial charge in [-0.1, -0.05) is 26.8 Å². The molecule has 8 heteroatoms. The Morgan fingerprint density at radius 3 is 2.36 bits per heavy atom. The summed E-state index contributed by atoms with van der Waals surface area (Å²) in [6.07, 6.45) is 0.912. The summed E-state index contributed by atoms with van der Waals surface area (Å²) in [5, 5.41) is 14.5. The number of carbonyl (C=O) groups is 3. The molecule has 156 valence electrons. The molecule has 0 aliphatic rings. The average Bonchev–Trinajstić information content (AvgIpc) is 2.59. The number of aromatic nitrogens is 1. The Labute approximate surface area is 167 Å². The number of nitrogens with zero attached hydrogens (tertiary/aromatic N) is 1. The first-order chi connectivity index (χ1) is 13.3. The Bertz CT molecular complexity index is 704. The number of nitrogens with one attached hydrogen (secondary N) is 2. The van der Waals surface area contributed by atoms with Crippen molar-refractivity contribution in [1.29, 1.82) is 0 Å². The van der Waals surface area contributed by atoms with Crippen LogP contribution in [-0.2, 0) is 20.7 Å². The minimum atomic E-state index is -1.21. The molecule has 0 saturated heterocycles. The number of pyridine rings is 1. The van der Waals surface area contributed by atoms with Crippen molar-refractivity contribution in [1.82, 2.24) is 15.6 Å². The van der Waals surface area contributed by atoms with Crippen LogP contribution >= 0.6 is 0 Å². The lowest BCUT2D eigenvalue weighted by molar-refractivity contribution is -0.142. The molecule has 0 bridgehead atoms. The van der Waals surface area contributed by atoms with Crippen LogP contribution in [0, 0.1) is 5.41 Å². The molecule has 1 aromatic rings. The highest BCUT2D eigenvalue weighted by molar-refractivity contribution is 5.89. The molecule has 0 radical (unpaired) electrons. The zero-order valence-corrected chi connectivity index (χ0v) is 17.1. The van der Waals surface area contributed by atoms with E-state index >= 15 is 0 Å². The van der Waals surface area contributed by atoms with Crippen LogP contribution < -0.4 is 10.6 Å². The van der Waals surface area contributed by atoms with Crippen LogP contribution in [0.1, 0.15) is 55.0 Å². The van der Waals surface area contributed by atoms with E-state index < -0.39 is 41.1 Å². The molecule has 2 amide bonds. The van der Waals surface area contributed by atoms with Gasteiger partial charge in [0.15, 0.2) is 0 Å². The van der Waals surface area contributed by atoms with E-state index in [-0.39, 0.29) is 19.7 Å². The highest BCUT2D eigenvalue weighted by Gasteiger charge is 2.31. The van der Waals surface area contributed by atoms with Crippen molar-refractivity contribution in [3.05, 3.63) is 30.1 Å². The molecule has 0 aliphatic heterocycles. The Hall–Kier alpha value is -2.64. The Morgan fingerprint density at radius 2 is 1.86 bits per heavy atom. The van der Waals surface area contributed by atoms with E-state index in [2.05, 4.69) is 15.6 Å². The number of hydrogen-bond acceptors (Lipinski definition) is 5. The fraction of sp³-hybridized carbons (Fsp3) is 0.600. The first-order valence-corrected chi connectivity index (χ1v) is 9.05. The molecule has 28 heavy (non-hydrogen) atoms. The predicted octanol–water partition coefficient (Wildman–Crippen LogP) is 2.52. The topological polar surface area (TPSA) is 118 Å². The van der Waals surface area contributed by atoms with Crippen molar-refractivity contribution in [3.8, 4) is 0 Å². The van der Waals surface area contributed by atoms with E-state index in [0.717, 1.165) is 0 Å². The number of amides is 2. The molecule has 0 saturated carbocycles. The van der Waals surface area contributed by atoms with Crippen molar-refractivity contribution in [2.24, 2.45) is 5.41 Å². The molecule has 0 unspecified atom stereocenters. The third-order valence-electron chi connectivity index (χ3n) is 3.52. The Kier molecular flexibility index (Phi) is 7.37. The summed E-state index contributed by atoms with van der Waals surface area (Å²) in [6.45, 7) is 8.70. The third kappa shape index (κ3) is 9.34. The lowest BCUT2D eigenvalue weighted by atomic mass is 9.87. The molecular formula is C20H31N3O5. The van der Waals surface area contributed by atoms with Gasteiger partial charge in [0.1, 0.15) is 17.7 Å². The minimum Gasteiger partial charge on any atom is -0.480 e. The lowest BCUT2D eigenvalue weighted by Gasteiger charge is -2.28. The minimum absolute atomic E-state index is 0.00289. The van der Waals surface area contributed by atoms with E-state index in [0.29, 0.717) is 5.69 Å². The summed E-state index contributed by atoms with van der Waals surface area (Å²) in [5.74, 6) is -1.86. The maximum atomic E-state index is 12.8. The number of carbonyl (C=O) groups excluding carboxylic acids is 2. The van der Waals surface area contributed by atoms with Gasteiger partial charge >= 0.3 is 12.1 Å². The second kappa shape index (κ2) is 9.52. The van der Waals surface area contributed by atoms with Crippen LogP contribution in [0.2, 0.25) is 0 Å². The molecule has 0 fully saturated rings. The van der Waals surface area contributed by atoms with Gasteiger partial charge in [0.05, 0.1) is 0 Å². The number of ether oxygens (including phenoxy) is 1. The van der Waals surface area contributed by atoms with Gasteiger partial charge in [-0.25, -0.2) is 9.59 Å². The van der Waals surface area contributed by atoms with Crippen LogP contribution in [0.4, 0.5) is 4.79 Å². The van der Waals surface area contributed by atoms with Crippen LogP contribution in [0.15, 0.2) is 24.4 Å². The smallest absolute Gasteiger partial charge is 0.408 e. The van der Waals surface area contributed by atoms with Gasteiger partial charge in [-0.15, -0.1) is 0 Å². The highest BCUT2D eigenvalue weighted by atomic mass is 16.6. The molecule has 1 heterocycles. The maximum Gasteiger partial charge on any atom is 0.408 e. The van der Waals surface area contributed by atoms with Crippen molar-refractivity contribution in [2.75, 3.05) is 0 Å². The molecule has 8 nitrogen and oxygen atoms in total. The second-order valence-electron chi connectivity index (χ2n) is 8.49. The molecule has 0 spiro atoms. The molecule has 0 aromatic carbocycles. The van der Waals surface area contributed by atoms with Crippen LogP contribution in [0.25, 0.3) is 0 Å². The fourth-order valence-corrected chi connectivity index (χ4v) is 2.41. The summed E-state index contributed by atoms with van der Waals surface area (Å²) in [5.41, 5.74) is -0.807. The predicted molar refractivity (Wildman–Crippen MR) is 105 cm³/mol. The lowest BCUT2D eigenvalue weighted by Crippen LogP contribution is -2.53. The standard InChI is InChI=1S/C20H31N3O5/c1-19(2,3)12-15(23-18(27)28-20(4,5)6)16(24)22-14(17(25)26)11-13-9-7-8-10-21-13/h7-10,14-15H,11-12H2,1-6H3,(H,22,24)(H,23,27)(H,25,26)/t14-,15-/m0/s1/i1D. The van der Waals surface area contributed by atoms with Gasteiger partial charge in [-0.2, -0.15) is 0 Å². The zero-order valence-electron chi connectivity index (χ0n) is 18.1. The molecular weight excluding hydrogens is 362 g/mol. The summed E-state index contributed by atoms with van der Waals surface area (Å²) >= 11 is 0. The van der Waals surface area contributed by atoms with E-state index in [1.165, 1.54) is 0 Å². The largest absolute Gasteiger partial charge is 0.480 e. The van der Waals surface area contributed by atoms with E-state index in [1.54, 1.807) is 59.0 Å². The quantitative estimate of drug-likeness (QED) is 0.654. The van der Waals surface area contributed by atoms with Crippen molar-refractivity contribution in [2.45, 2.75) is 72.0 Å². The number of aliphatic carboxylic acids is 1. The molecule has 0 aliphatic carbocycles. The van der Waals surface area contributed by atoms with Gasteiger partial charge in [0.2, 0.25) is 5.91 Å². The summed E-state index contributed by atoms with van der Waals surface area (Å²) < 4.78 is 12.9. The van der Waals surface area contributed by atoms with Crippen LogP contribution in [0.3, 0.4) is 0 Å². The number of hydrogen-bond donors (Lipinski definition) is 3. The SMILES string of the molecule is [2H]CC(C)(C)C[C@H](NC(=O)OC(C)(C)C)C(=O)N[C@@H](Cc1ccccn1)C(=O)O. The van der Waals surface area contributed by atoms with Crippen LogP contribution in [0.5, 0.6) is 0 Å². The first kappa shape index (κ1) is 21.7. The molecule has 1 aromatic heterocycles. The normalized spacial score (nSPS) is 14.4. The summed E-state index contributed by atoms with van der Waals surface area (Å²) in [7, 11) is 0. The number of alkyl carbamates (subject to hydrolysis) is 1.